The number of aromatic nitrogens is 1. The van der Waals surface area contributed by atoms with Crippen LogP contribution >= 0.6 is 12.4 Å². The molecule has 0 fully saturated rings. The lowest BCUT2D eigenvalue weighted by Gasteiger charge is -2.20. The Morgan fingerprint density at radius 2 is 1.90 bits per heavy atom. The van der Waals surface area contributed by atoms with Crippen LogP contribution in [0.4, 0.5) is 5.69 Å². The Morgan fingerprint density at radius 3 is 2.48 bits per heavy atom. The third-order valence-electron chi connectivity index (χ3n) is 3.19. The van der Waals surface area contributed by atoms with Gasteiger partial charge in [0.05, 0.1) is 11.9 Å². The van der Waals surface area contributed by atoms with Crippen molar-refractivity contribution in [2.75, 3.05) is 18.8 Å². The number of rotatable bonds is 5. The summed E-state index contributed by atoms with van der Waals surface area (Å²) < 4.78 is 0. The minimum absolute atomic E-state index is 0. The number of pyridine rings is 1. The Labute approximate surface area is 131 Å². The molecule has 21 heavy (non-hydrogen) atoms. The fraction of sp³-hybridized carbons (Fsp3) is 0.250. The molecule has 1 heterocycles. The number of carbonyl (C=O) groups is 1. The molecule has 5 heteroatoms. The first-order valence-electron chi connectivity index (χ1n) is 6.75. The molecule has 0 aliphatic carbocycles. The SMILES string of the molecule is CCN(CCc1ccccc1)C(=O)c1ccc(N)cn1.Cl. The van der Waals surface area contributed by atoms with Crippen molar-refractivity contribution in [3.63, 3.8) is 0 Å². The maximum atomic E-state index is 12.3. The van der Waals surface area contributed by atoms with E-state index in [9.17, 15) is 4.79 Å². The summed E-state index contributed by atoms with van der Waals surface area (Å²) in [5.74, 6) is -0.0524. The highest BCUT2D eigenvalue weighted by atomic mass is 35.5. The first-order valence-corrected chi connectivity index (χ1v) is 6.75. The zero-order valence-corrected chi connectivity index (χ0v) is 12.8. The van der Waals surface area contributed by atoms with E-state index in [-0.39, 0.29) is 18.3 Å². The van der Waals surface area contributed by atoms with E-state index in [1.165, 1.54) is 11.8 Å². The van der Waals surface area contributed by atoms with Crippen LogP contribution in [0.1, 0.15) is 23.0 Å². The van der Waals surface area contributed by atoms with Crippen LogP contribution in [0, 0.1) is 0 Å². The third-order valence-corrected chi connectivity index (χ3v) is 3.19. The normalized spacial score (nSPS) is 9.76. The fourth-order valence-corrected chi connectivity index (χ4v) is 2.01. The second kappa shape index (κ2) is 8.27. The lowest BCUT2D eigenvalue weighted by molar-refractivity contribution is 0.0760. The molecule has 1 aromatic heterocycles. The maximum absolute atomic E-state index is 12.3. The fourth-order valence-electron chi connectivity index (χ4n) is 2.01. The summed E-state index contributed by atoms with van der Waals surface area (Å²) in [6.45, 7) is 3.32. The quantitative estimate of drug-likeness (QED) is 0.924. The first kappa shape index (κ1) is 17.0. The minimum atomic E-state index is -0.0524. The molecule has 0 bridgehead atoms. The van der Waals surface area contributed by atoms with Crippen LogP contribution in [-0.4, -0.2) is 28.9 Å². The molecule has 0 spiro atoms. The van der Waals surface area contributed by atoms with Gasteiger partial charge in [-0.15, -0.1) is 12.4 Å². The number of nitrogens with zero attached hydrogens (tertiary/aromatic N) is 2. The van der Waals surface area contributed by atoms with Crippen molar-refractivity contribution in [2.45, 2.75) is 13.3 Å². The largest absolute Gasteiger partial charge is 0.397 e. The number of amides is 1. The van der Waals surface area contributed by atoms with Crippen LogP contribution in [0.5, 0.6) is 0 Å². The highest BCUT2D eigenvalue weighted by molar-refractivity contribution is 5.92. The molecule has 2 rings (SSSR count). The van der Waals surface area contributed by atoms with Crippen LogP contribution in [-0.2, 0) is 6.42 Å². The zero-order valence-electron chi connectivity index (χ0n) is 12.0. The number of nitrogens with two attached hydrogens (primary N) is 1. The number of hydrogen-bond acceptors (Lipinski definition) is 3. The number of hydrogen-bond donors (Lipinski definition) is 1. The predicted molar refractivity (Wildman–Crippen MR) is 87.6 cm³/mol. The van der Waals surface area contributed by atoms with E-state index in [1.54, 1.807) is 17.0 Å². The molecular weight excluding hydrogens is 286 g/mol. The number of nitrogen functional groups attached to an aromatic ring is 1. The van der Waals surface area contributed by atoms with Gasteiger partial charge < -0.3 is 10.6 Å². The van der Waals surface area contributed by atoms with Gasteiger partial charge in [-0.1, -0.05) is 30.3 Å². The predicted octanol–water partition coefficient (Wildman–Crippen LogP) is 2.79. The summed E-state index contributed by atoms with van der Waals surface area (Å²) in [5, 5.41) is 0. The highest BCUT2D eigenvalue weighted by Gasteiger charge is 2.14. The van der Waals surface area contributed by atoms with E-state index >= 15 is 0 Å². The van der Waals surface area contributed by atoms with Gasteiger partial charge in [0.1, 0.15) is 5.69 Å². The van der Waals surface area contributed by atoms with E-state index in [2.05, 4.69) is 17.1 Å². The molecule has 0 atom stereocenters. The molecular formula is C16H20ClN3O. The number of carbonyl (C=O) groups excluding carboxylic acids is 1. The molecule has 2 N–H and O–H groups in total. The Bertz CT molecular complexity index is 557. The molecule has 0 saturated carbocycles. The molecule has 0 unspecified atom stereocenters. The molecule has 0 aliphatic heterocycles. The monoisotopic (exact) mass is 305 g/mol. The van der Waals surface area contributed by atoms with E-state index in [0.717, 1.165) is 6.42 Å². The summed E-state index contributed by atoms with van der Waals surface area (Å²) in [6, 6.07) is 13.5. The molecule has 0 saturated heterocycles. The van der Waals surface area contributed by atoms with E-state index in [4.69, 9.17) is 5.73 Å². The minimum Gasteiger partial charge on any atom is -0.397 e. The van der Waals surface area contributed by atoms with Gasteiger partial charge in [0.15, 0.2) is 0 Å². The Balaban J connectivity index is 0.00000220. The maximum Gasteiger partial charge on any atom is 0.272 e. The molecule has 0 aliphatic rings. The van der Waals surface area contributed by atoms with Crippen LogP contribution in [0.25, 0.3) is 0 Å². The molecule has 4 nitrogen and oxygen atoms in total. The van der Waals surface area contributed by atoms with Gasteiger partial charge in [-0.25, -0.2) is 4.98 Å². The van der Waals surface area contributed by atoms with Gasteiger partial charge in [-0.3, -0.25) is 4.79 Å². The van der Waals surface area contributed by atoms with E-state index < -0.39 is 0 Å². The van der Waals surface area contributed by atoms with Gasteiger partial charge in [0.25, 0.3) is 5.91 Å². The summed E-state index contributed by atoms with van der Waals surface area (Å²) >= 11 is 0. The van der Waals surface area contributed by atoms with Crippen LogP contribution < -0.4 is 5.73 Å². The van der Waals surface area contributed by atoms with Crippen LogP contribution in [0.3, 0.4) is 0 Å². The second-order valence-corrected chi connectivity index (χ2v) is 4.60. The molecule has 1 aromatic carbocycles. The summed E-state index contributed by atoms with van der Waals surface area (Å²) in [7, 11) is 0. The molecule has 0 radical (unpaired) electrons. The smallest absolute Gasteiger partial charge is 0.272 e. The van der Waals surface area contributed by atoms with E-state index in [0.29, 0.717) is 24.5 Å². The van der Waals surface area contributed by atoms with Gasteiger partial charge in [-0.05, 0) is 31.0 Å². The number of halogens is 1. The molecule has 2 aromatic rings. The number of benzene rings is 1. The Morgan fingerprint density at radius 1 is 1.19 bits per heavy atom. The van der Waals surface area contributed by atoms with Gasteiger partial charge >= 0.3 is 0 Å². The molecule has 112 valence electrons. The van der Waals surface area contributed by atoms with Crippen molar-refractivity contribution < 1.29 is 4.79 Å². The van der Waals surface area contributed by atoms with Crippen molar-refractivity contribution in [1.82, 2.24) is 9.88 Å². The summed E-state index contributed by atoms with van der Waals surface area (Å²) in [4.78, 5) is 18.2. The standard InChI is InChI=1S/C16H19N3O.ClH/c1-2-19(11-10-13-6-4-3-5-7-13)16(20)15-9-8-14(17)12-18-15;/h3-9,12H,2,10-11,17H2,1H3;1H. The van der Waals surface area contributed by atoms with Crippen molar-refractivity contribution in [3.05, 3.63) is 59.9 Å². The lowest BCUT2D eigenvalue weighted by atomic mass is 10.1. The lowest BCUT2D eigenvalue weighted by Crippen LogP contribution is -2.33. The Kier molecular flexibility index (Phi) is 6.69. The molecule has 1 amide bonds. The van der Waals surface area contributed by atoms with E-state index in [1.807, 2.05) is 25.1 Å². The van der Waals surface area contributed by atoms with Crippen molar-refractivity contribution in [3.8, 4) is 0 Å². The van der Waals surface area contributed by atoms with Gasteiger partial charge in [-0.2, -0.15) is 0 Å². The van der Waals surface area contributed by atoms with Gasteiger partial charge in [0.2, 0.25) is 0 Å². The van der Waals surface area contributed by atoms with Crippen molar-refractivity contribution >= 4 is 24.0 Å². The van der Waals surface area contributed by atoms with Crippen molar-refractivity contribution in [1.29, 1.82) is 0 Å². The van der Waals surface area contributed by atoms with Gasteiger partial charge in [0, 0.05) is 13.1 Å². The number of anilines is 1. The topological polar surface area (TPSA) is 59.2 Å². The highest BCUT2D eigenvalue weighted by Crippen LogP contribution is 2.07. The average Bonchev–Trinajstić information content (AvgIpc) is 2.49. The Hall–Kier alpha value is -2.07. The van der Waals surface area contributed by atoms with Crippen molar-refractivity contribution in [2.24, 2.45) is 0 Å². The second-order valence-electron chi connectivity index (χ2n) is 4.60. The van der Waals surface area contributed by atoms with Crippen LogP contribution in [0.15, 0.2) is 48.7 Å². The summed E-state index contributed by atoms with van der Waals surface area (Å²) in [6.07, 6.45) is 2.35. The first-order chi connectivity index (χ1) is 9.70. The average molecular weight is 306 g/mol. The third kappa shape index (κ3) is 4.76. The van der Waals surface area contributed by atoms with Crippen LogP contribution in [0.2, 0.25) is 0 Å². The zero-order chi connectivity index (χ0) is 14.4. The number of likely N-dealkylation sites (N-methyl/N-ethyl adjacent to an activating group) is 1. The summed E-state index contributed by atoms with van der Waals surface area (Å²) in [5.41, 5.74) is 7.81.